The van der Waals surface area contributed by atoms with Crippen molar-refractivity contribution in [2.75, 3.05) is 5.32 Å². The topological polar surface area (TPSA) is 67.3 Å². The zero-order valence-corrected chi connectivity index (χ0v) is 24.2. The highest BCUT2D eigenvalue weighted by Gasteiger charge is 2.19. The van der Waals surface area contributed by atoms with Gasteiger partial charge in [-0.15, -0.1) is 0 Å². The molecule has 0 saturated heterocycles. The Morgan fingerprint density at radius 2 is 1.27 bits per heavy atom. The molecule has 0 fully saturated rings. The Balaban J connectivity index is 1.27. The van der Waals surface area contributed by atoms with Crippen molar-refractivity contribution in [2.24, 2.45) is 0 Å². The smallest absolute Gasteiger partial charge is 0.265 e. The van der Waals surface area contributed by atoms with Gasteiger partial charge in [0.15, 0.2) is 0 Å². The molecule has 41 heavy (non-hydrogen) atoms. The van der Waals surface area contributed by atoms with Crippen LogP contribution in [0, 0.1) is 0 Å². The summed E-state index contributed by atoms with van der Waals surface area (Å²) in [6.07, 6.45) is 0. The zero-order chi connectivity index (χ0) is 28.7. The van der Waals surface area contributed by atoms with Gasteiger partial charge < -0.3 is 15.0 Å². The third-order valence-electron chi connectivity index (χ3n) is 7.22. The molecule has 1 N–H and O–H groups in total. The molecule has 6 nitrogen and oxygen atoms in total. The van der Waals surface area contributed by atoms with E-state index in [1.54, 1.807) is 24.3 Å². The van der Waals surface area contributed by atoms with E-state index in [0.29, 0.717) is 27.7 Å². The standard InChI is InChI=1S/C34H30N4O2S/c1-20(2)38(21(3)4)34(41)40-24-16-13-22(14-17-24)33(39)35-23-15-18-29-30(19-23)37-32-28-12-8-6-10-26(28)25-9-5-7-11-27(25)31(32)36-29/h5-21H,1-4H3,(H,35,39). The summed E-state index contributed by atoms with van der Waals surface area (Å²) in [6, 6.07) is 29.6. The number of benzene rings is 5. The van der Waals surface area contributed by atoms with Gasteiger partial charge in [0.2, 0.25) is 0 Å². The molecule has 0 aliphatic rings. The molecular weight excluding hydrogens is 528 g/mol. The van der Waals surface area contributed by atoms with Gasteiger partial charge >= 0.3 is 0 Å². The molecule has 1 heterocycles. The summed E-state index contributed by atoms with van der Waals surface area (Å²) < 4.78 is 5.90. The van der Waals surface area contributed by atoms with Gasteiger partial charge in [-0.1, -0.05) is 48.5 Å². The zero-order valence-electron chi connectivity index (χ0n) is 23.4. The van der Waals surface area contributed by atoms with Crippen LogP contribution in [-0.2, 0) is 0 Å². The lowest BCUT2D eigenvalue weighted by molar-refractivity contribution is 0.102. The van der Waals surface area contributed by atoms with Crippen LogP contribution in [0.1, 0.15) is 38.1 Å². The Labute approximate surface area is 244 Å². The number of hydrogen-bond donors (Lipinski definition) is 1. The SMILES string of the molecule is CC(C)N(C(=S)Oc1ccc(C(=O)Nc2ccc3nc4c5ccccc5c5ccccc5c4nc3c2)cc1)C(C)C. The average molecular weight is 559 g/mol. The maximum absolute atomic E-state index is 13.1. The van der Waals surface area contributed by atoms with Crippen molar-refractivity contribution in [2.45, 2.75) is 39.8 Å². The molecular formula is C34H30N4O2S. The van der Waals surface area contributed by atoms with E-state index in [-0.39, 0.29) is 18.0 Å². The Hall–Kier alpha value is -4.62. The van der Waals surface area contributed by atoms with Crippen molar-refractivity contribution in [1.29, 1.82) is 0 Å². The second kappa shape index (κ2) is 10.7. The van der Waals surface area contributed by atoms with Crippen molar-refractivity contribution in [3.05, 3.63) is 96.6 Å². The highest BCUT2D eigenvalue weighted by atomic mass is 32.1. The Kier molecular flexibility index (Phi) is 6.97. The number of amides is 1. The summed E-state index contributed by atoms with van der Waals surface area (Å²) in [6.45, 7) is 8.31. The number of aromatic nitrogens is 2. The van der Waals surface area contributed by atoms with Gasteiger partial charge in [0.25, 0.3) is 11.1 Å². The fourth-order valence-corrected chi connectivity index (χ4v) is 5.92. The molecule has 5 aromatic carbocycles. The van der Waals surface area contributed by atoms with Gasteiger partial charge in [-0.05, 0) is 93.1 Å². The predicted octanol–water partition coefficient (Wildman–Crippen LogP) is 8.12. The van der Waals surface area contributed by atoms with Crippen LogP contribution in [0.15, 0.2) is 91.0 Å². The van der Waals surface area contributed by atoms with E-state index in [1.165, 1.54) is 0 Å². The molecule has 6 rings (SSSR count). The molecule has 0 radical (unpaired) electrons. The number of carbonyl (C=O) groups is 1. The lowest BCUT2D eigenvalue weighted by Gasteiger charge is -2.32. The van der Waals surface area contributed by atoms with E-state index < -0.39 is 0 Å². The predicted molar refractivity (Wildman–Crippen MR) is 172 cm³/mol. The lowest BCUT2D eigenvalue weighted by atomic mass is 9.99. The molecule has 204 valence electrons. The molecule has 0 atom stereocenters. The molecule has 6 aromatic rings. The van der Waals surface area contributed by atoms with Gasteiger partial charge in [0.05, 0.1) is 22.1 Å². The Morgan fingerprint density at radius 3 is 1.83 bits per heavy atom. The highest BCUT2D eigenvalue weighted by Crippen LogP contribution is 2.34. The number of ether oxygens (including phenoxy) is 1. The number of nitrogens with zero attached hydrogens (tertiary/aromatic N) is 3. The van der Waals surface area contributed by atoms with Gasteiger partial charge in [-0.3, -0.25) is 4.79 Å². The van der Waals surface area contributed by atoms with E-state index in [4.69, 9.17) is 26.9 Å². The Morgan fingerprint density at radius 1 is 0.732 bits per heavy atom. The summed E-state index contributed by atoms with van der Waals surface area (Å²) >= 11 is 5.51. The molecule has 7 heteroatoms. The fraction of sp³-hybridized carbons (Fsp3) is 0.176. The van der Waals surface area contributed by atoms with Crippen LogP contribution in [0.2, 0.25) is 0 Å². The average Bonchev–Trinajstić information content (AvgIpc) is 2.96. The summed E-state index contributed by atoms with van der Waals surface area (Å²) in [5, 5.41) is 7.83. The quantitative estimate of drug-likeness (QED) is 0.131. The van der Waals surface area contributed by atoms with Crippen LogP contribution in [0.3, 0.4) is 0 Å². The fourth-order valence-electron chi connectivity index (χ4n) is 5.41. The summed E-state index contributed by atoms with van der Waals surface area (Å²) in [5.74, 6) is 0.361. The van der Waals surface area contributed by atoms with Crippen molar-refractivity contribution in [1.82, 2.24) is 14.9 Å². The van der Waals surface area contributed by atoms with Crippen LogP contribution in [0.4, 0.5) is 5.69 Å². The number of hydrogen-bond acceptors (Lipinski definition) is 5. The first-order chi connectivity index (χ1) is 19.8. The van der Waals surface area contributed by atoms with E-state index >= 15 is 0 Å². The first kappa shape index (κ1) is 26.6. The summed E-state index contributed by atoms with van der Waals surface area (Å²) in [4.78, 5) is 25.1. The molecule has 1 aromatic heterocycles. The minimum absolute atomic E-state index is 0.218. The first-order valence-corrected chi connectivity index (χ1v) is 14.1. The monoisotopic (exact) mass is 558 g/mol. The van der Waals surface area contributed by atoms with Crippen LogP contribution in [0.25, 0.3) is 43.6 Å². The van der Waals surface area contributed by atoms with Gasteiger partial charge in [0, 0.05) is 34.1 Å². The van der Waals surface area contributed by atoms with Crippen LogP contribution < -0.4 is 10.1 Å². The third kappa shape index (κ3) is 5.05. The Bertz CT molecular complexity index is 1940. The van der Waals surface area contributed by atoms with Crippen LogP contribution in [-0.4, -0.2) is 38.0 Å². The minimum Gasteiger partial charge on any atom is -0.432 e. The second-order valence-corrected chi connectivity index (χ2v) is 11.0. The molecule has 1 amide bonds. The minimum atomic E-state index is -0.227. The van der Waals surface area contributed by atoms with Crippen molar-refractivity contribution < 1.29 is 9.53 Å². The maximum atomic E-state index is 13.1. The second-order valence-electron chi connectivity index (χ2n) is 10.7. The van der Waals surface area contributed by atoms with Crippen molar-refractivity contribution in [3.8, 4) is 5.75 Å². The summed E-state index contributed by atoms with van der Waals surface area (Å²) in [5.41, 5.74) is 4.35. The van der Waals surface area contributed by atoms with E-state index in [2.05, 4.69) is 57.3 Å². The number of nitrogens with one attached hydrogen (secondary N) is 1. The highest BCUT2D eigenvalue weighted by molar-refractivity contribution is 7.80. The number of anilines is 1. The molecule has 0 aliphatic heterocycles. The van der Waals surface area contributed by atoms with Crippen molar-refractivity contribution in [3.63, 3.8) is 0 Å². The molecule has 0 aliphatic carbocycles. The lowest BCUT2D eigenvalue weighted by Crippen LogP contribution is -2.43. The largest absolute Gasteiger partial charge is 0.432 e. The van der Waals surface area contributed by atoms with Crippen LogP contribution >= 0.6 is 12.2 Å². The van der Waals surface area contributed by atoms with Crippen molar-refractivity contribution >= 4 is 72.6 Å². The maximum Gasteiger partial charge on any atom is 0.265 e. The van der Waals surface area contributed by atoms with Gasteiger partial charge in [0.1, 0.15) is 5.75 Å². The molecule has 0 spiro atoms. The van der Waals surface area contributed by atoms with E-state index in [9.17, 15) is 4.79 Å². The van der Waals surface area contributed by atoms with E-state index in [0.717, 1.165) is 38.1 Å². The molecule has 0 saturated carbocycles. The van der Waals surface area contributed by atoms with Gasteiger partial charge in [-0.25, -0.2) is 9.97 Å². The van der Waals surface area contributed by atoms with E-state index in [1.807, 2.05) is 47.4 Å². The normalized spacial score (nSPS) is 11.6. The molecule has 0 unspecified atom stereocenters. The third-order valence-corrected chi connectivity index (χ3v) is 7.52. The molecule has 0 bridgehead atoms. The summed E-state index contributed by atoms with van der Waals surface area (Å²) in [7, 11) is 0. The van der Waals surface area contributed by atoms with Crippen LogP contribution in [0.5, 0.6) is 5.75 Å². The number of rotatable bonds is 5. The number of carbonyl (C=O) groups excluding carboxylic acids is 1. The number of fused-ring (bicyclic) bond motifs is 7. The van der Waals surface area contributed by atoms with Gasteiger partial charge in [-0.2, -0.15) is 0 Å². The number of thiocarbonyl (C=S) groups is 1. The first-order valence-electron chi connectivity index (χ1n) is 13.7.